The van der Waals surface area contributed by atoms with Gasteiger partial charge in [0, 0.05) is 36.8 Å². The van der Waals surface area contributed by atoms with Gasteiger partial charge in [-0.1, -0.05) is 30.3 Å². The molecule has 1 aliphatic rings. The zero-order chi connectivity index (χ0) is 24.9. The van der Waals surface area contributed by atoms with Gasteiger partial charge in [-0.25, -0.2) is 4.79 Å². The molecule has 1 saturated heterocycles. The van der Waals surface area contributed by atoms with Gasteiger partial charge in [-0.05, 0) is 48.7 Å². The molecule has 4 rings (SSSR count). The molecule has 0 saturated carbocycles. The fourth-order valence-electron chi connectivity index (χ4n) is 3.98. The highest BCUT2D eigenvalue weighted by Gasteiger charge is 2.17. The molecule has 0 bridgehead atoms. The Bertz CT molecular complexity index is 1290. The molecule has 7 nitrogen and oxygen atoms in total. The standard InChI is InChI=1S/C27H29ClN2O5/c1-17(2)16-34-25-14-24-21(12-23(25)28)18(3)22(27(32)35-24)13-26(31)29-20-6-4-19(5-7-20)15-30-8-10-33-11-9-30/h4-7,12,14H,1,8-11,13,15-16H2,2-3H3,(H,29,31). The van der Waals surface area contributed by atoms with Crippen LogP contribution in [0.15, 0.2) is 57.8 Å². The minimum atomic E-state index is -0.556. The third-order valence-corrected chi connectivity index (χ3v) is 6.19. The second-order valence-electron chi connectivity index (χ2n) is 8.83. The summed E-state index contributed by atoms with van der Waals surface area (Å²) in [6.07, 6.45) is -0.106. The Morgan fingerprint density at radius 3 is 2.60 bits per heavy atom. The number of amides is 1. The smallest absolute Gasteiger partial charge is 0.340 e. The quantitative estimate of drug-likeness (QED) is 0.359. The maximum atomic E-state index is 12.7. The van der Waals surface area contributed by atoms with Gasteiger partial charge in [0.15, 0.2) is 0 Å². The van der Waals surface area contributed by atoms with Gasteiger partial charge < -0.3 is 19.2 Å². The van der Waals surface area contributed by atoms with Crippen LogP contribution >= 0.6 is 11.6 Å². The van der Waals surface area contributed by atoms with Crippen LogP contribution in [0.4, 0.5) is 5.69 Å². The number of nitrogens with zero attached hydrogens (tertiary/aromatic N) is 1. The number of carbonyl (C=O) groups is 1. The highest BCUT2D eigenvalue weighted by atomic mass is 35.5. The fraction of sp³-hybridized carbons (Fsp3) is 0.333. The van der Waals surface area contributed by atoms with E-state index < -0.39 is 5.63 Å². The lowest BCUT2D eigenvalue weighted by atomic mass is 10.0. The summed E-state index contributed by atoms with van der Waals surface area (Å²) >= 11 is 6.38. The van der Waals surface area contributed by atoms with Crippen LogP contribution in [0.25, 0.3) is 11.0 Å². The number of carbonyl (C=O) groups excluding carboxylic acids is 1. The molecule has 1 amide bonds. The summed E-state index contributed by atoms with van der Waals surface area (Å²) in [6, 6.07) is 11.0. The van der Waals surface area contributed by atoms with E-state index in [1.165, 1.54) is 5.56 Å². The van der Waals surface area contributed by atoms with Crippen molar-refractivity contribution in [2.24, 2.45) is 0 Å². The minimum Gasteiger partial charge on any atom is -0.488 e. The molecule has 1 aromatic heterocycles. The second kappa shape index (κ2) is 11.1. The van der Waals surface area contributed by atoms with E-state index in [9.17, 15) is 9.59 Å². The van der Waals surface area contributed by atoms with Crippen molar-refractivity contribution >= 4 is 34.2 Å². The Labute approximate surface area is 209 Å². The topological polar surface area (TPSA) is 81.0 Å². The van der Waals surface area contributed by atoms with E-state index in [1.54, 1.807) is 19.1 Å². The molecule has 1 N–H and O–H groups in total. The second-order valence-corrected chi connectivity index (χ2v) is 9.24. The van der Waals surface area contributed by atoms with Crippen molar-refractivity contribution < 1.29 is 18.7 Å². The number of fused-ring (bicyclic) bond motifs is 1. The first kappa shape index (κ1) is 25.0. The van der Waals surface area contributed by atoms with Crippen LogP contribution in [0.3, 0.4) is 0 Å². The summed E-state index contributed by atoms with van der Waals surface area (Å²) in [6.45, 7) is 11.9. The van der Waals surface area contributed by atoms with E-state index in [2.05, 4.69) is 16.8 Å². The SMILES string of the molecule is C=C(C)COc1cc2oc(=O)c(CC(=O)Nc3ccc(CN4CCOCC4)cc3)c(C)c2cc1Cl. The lowest BCUT2D eigenvalue weighted by Crippen LogP contribution is -2.35. The summed E-state index contributed by atoms with van der Waals surface area (Å²) < 4.78 is 16.5. The van der Waals surface area contributed by atoms with Gasteiger partial charge in [-0.2, -0.15) is 0 Å². The highest BCUT2D eigenvalue weighted by molar-refractivity contribution is 6.32. The number of ether oxygens (including phenoxy) is 2. The largest absolute Gasteiger partial charge is 0.488 e. The first-order valence-corrected chi connectivity index (χ1v) is 11.9. The Morgan fingerprint density at radius 2 is 1.91 bits per heavy atom. The molecule has 1 fully saturated rings. The molecule has 35 heavy (non-hydrogen) atoms. The van der Waals surface area contributed by atoms with Gasteiger partial charge in [0.1, 0.15) is 17.9 Å². The summed E-state index contributed by atoms with van der Waals surface area (Å²) in [5.41, 5.74) is 3.43. The number of rotatable bonds is 8. The van der Waals surface area contributed by atoms with E-state index in [-0.39, 0.29) is 12.3 Å². The molecule has 184 valence electrons. The van der Waals surface area contributed by atoms with Crippen LogP contribution in [0.2, 0.25) is 5.02 Å². The lowest BCUT2D eigenvalue weighted by Gasteiger charge is -2.26. The number of anilines is 1. The summed E-state index contributed by atoms with van der Waals surface area (Å²) in [4.78, 5) is 27.8. The molecular formula is C27H29ClN2O5. The van der Waals surface area contributed by atoms with Gasteiger partial charge in [0.05, 0.1) is 30.2 Å². The van der Waals surface area contributed by atoms with Crippen LogP contribution < -0.4 is 15.7 Å². The molecular weight excluding hydrogens is 468 g/mol. The van der Waals surface area contributed by atoms with Crippen molar-refractivity contribution in [1.82, 2.24) is 4.90 Å². The molecule has 8 heteroatoms. The van der Waals surface area contributed by atoms with E-state index in [1.807, 2.05) is 31.2 Å². The van der Waals surface area contributed by atoms with Crippen molar-refractivity contribution in [3.05, 3.63) is 80.7 Å². The lowest BCUT2D eigenvalue weighted by molar-refractivity contribution is -0.115. The summed E-state index contributed by atoms with van der Waals surface area (Å²) in [5, 5.41) is 3.92. The monoisotopic (exact) mass is 496 g/mol. The van der Waals surface area contributed by atoms with Crippen molar-refractivity contribution in [2.75, 3.05) is 38.2 Å². The number of hydrogen-bond acceptors (Lipinski definition) is 6. The zero-order valence-electron chi connectivity index (χ0n) is 20.0. The molecule has 3 aromatic rings. The number of aryl methyl sites for hydroxylation is 1. The van der Waals surface area contributed by atoms with Crippen LogP contribution in [-0.2, 0) is 22.5 Å². The predicted molar refractivity (Wildman–Crippen MR) is 137 cm³/mol. The predicted octanol–water partition coefficient (Wildman–Crippen LogP) is 4.72. The van der Waals surface area contributed by atoms with Crippen molar-refractivity contribution in [3.63, 3.8) is 0 Å². The summed E-state index contributed by atoms with van der Waals surface area (Å²) in [7, 11) is 0. The van der Waals surface area contributed by atoms with Gasteiger partial charge >= 0.3 is 5.63 Å². The average molecular weight is 497 g/mol. The molecule has 1 aliphatic heterocycles. The Kier molecular flexibility index (Phi) is 7.90. The van der Waals surface area contributed by atoms with Crippen LogP contribution in [0.1, 0.15) is 23.6 Å². The Balaban J connectivity index is 1.45. The number of hydrogen-bond donors (Lipinski definition) is 1. The summed E-state index contributed by atoms with van der Waals surface area (Å²) in [5.74, 6) is 0.112. The zero-order valence-corrected chi connectivity index (χ0v) is 20.7. The number of halogens is 1. The van der Waals surface area contributed by atoms with E-state index in [0.29, 0.717) is 45.2 Å². The maximum absolute atomic E-state index is 12.7. The van der Waals surface area contributed by atoms with Crippen LogP contribution in [-0.4, -0.2) is 43.7 Å². The molecule has 2 heterocycles. The van der Waals surface area contributed by atoms with Crippen LogP contribution in [0.5, 0.6) is 5.75 Å². The molecule has 2 aromatic carbocycles. The molecule has 0 aliphatic carbocycles. The molecule has 0 unspecified atom stereocenters. The van der Waals surface area contributed by atoms with Crippen LogP contribution in [0, 0.1) is 6.92 Å². The first-order valence-electron chi connectivity index (χ1n) is 11.5. The number of morpholine rings is 1. The Hall–Kier alpha value is -3.13. The van der Waals surface area contributed by atoms with Gasteiger partial charge in [-0.3, -0.25) is 9.69 Å². The third kappa shape index (κ3) is 6.31. The van der Waals surface area contributed by atoms with E-state index >= 15 is 0 Å². The number of benzene rings is 2. The molecule has 0 radical (unpaired) electrons. The van der Waals surface area contributed by atoms with Gasteiger partial charge in [0.25, 0.3) is 0 Å². The Morgan fingerprint density at radius 1 is 1.20 bits per heavy atom. The molecule has 0 atom stereocenters. The van der Waals surface area contributed by atoms with Gasteiger partial charge in [0.2, 0.25) is 5.91 Å². The third-order valence-electron chi connectivity index (χ3n) is 5.90. The van der Waals surface area contributed by atoms with Crippen molar-refractivity contribution in [1.29, 1.82) is 0 Å². The normalized spacial score (nSPS) is 14.1. The fourth-order valence-corrected chi connectivity index (χ4v) is 4.20. The number of nitrogens with one attached hydrogen (secondary N) is 1. The van der Waals surface area contributed by atoms with E-state index in [0.717, 1.165) is 38.4 Å². The maximum Gasteiger partial charge on any atom is 0.340 e. The van der Waals surface area contributed by atoms with Crippen molar-refractivity contribution in [3.8, 4) is 5.75 Å². The first-order chi connectivity index (χ1) is 16.8. The molecule has 0 spiro atoms. The van der Waals surface area contributed by atoms with Gasteiger partial charge in [-0.15, -0.1) is 0 Å². The van der Waals surface area contributed by atoms with E-state index in [4.69, 9.17) is 25.5 Å². The average Bonchev–Trinajstić information content (AvgIpc) is 2.83. The minimum absolute atomic E-state index is 0.106. The highest BCUT2D eigenvalue weighted by Crippen LogP contribution is 2.32. The van der Waals surface area contributed by atoms with Crippen molar-refractivity contribution in [2.45, 2.75) is 26.8 Å².